The van der Waals surface area contributed by atoms with Gasteiger partial charge in [0.25, 0.3) is 0 Å². The molecular weight excluding hydrogens is 421 g/mol. The van der Waals surface area contributed by atoms with E-state index in [2.05, 4.69) is 10.6 Å². The second-order valence-corrected chi connectivity index (χ2v) is 9.20. The highest BCUT2D eigenvalue weighted by molar-refractivity contribution is 6.31. The summed E-state index contributed by atoms with van der Waals surface area (Å²) >= 11 is 6.23. The number of nitrogens with zero attached hydrogens (tertiary/aromatic N) is 1. The van der Waals surface area contributed by atoms with Gasteiger partial charge in [-0.2, -0.15) is 0 Å². The fraction of sp³-hybridized carbons (Fsp3) is 0.348. The number of fused-ring (bicyclic) bond motifs is 4. The lowest BCUT2D eigenvalue weighted by molar-refractivity contribution is -0.143. The molecule has 2 fully saturated rings. The van der Waals surface area contributed by atoms with Gasteiger partial charge in [-0.25, -0.2) is 4.39 Å². The smallest absolute Gasteiger partial charge is 0.250 e. The fourth-order valence-corrected chi connectivity index (χ4v) is 5.44. The second kappa shape index (κ2) is 6.87. The van der Waals surface area contributed by atoms with Crippen molar-refractivity contribution in [2.45, 2.75) is 32.0 Å². The first-order valence-corrected chi connectivity index (χ1v) is 10.6. The van der Waals surface area contributed by atoms with E-state index in [-0.39, 0.29) is 36.1 Å². The standard InChI is InChI=1S/C23H21ClFN3O3/c1-11(2)19-17-18(21(30)28(20(17)29)10-12-3-6-14(25)7-4-12)23(27-19)15-9-13(24)5-8-16(15)26-22(23)31/h3-9,11,17-19,27H,10H2,1-2H3,(H,26,31)/t17-,18-,19+,23-/m0/s1. The molecule has 2 aromatic carbocycles. The van der Waals surface area contributed by atoms with Crippen molar-refractivity contribution in [3.63, 3.8) is 0 Å². The lowest BCUT2D eigenvalue weighted by atomic mass is 9.76. The maximum absolute atomic E-state index is 13.6. The van der Waals surface area contributed by atoms with Gasteiger partial charge in [0, 0.05) is 22.3 Å². The highest BCUT2D eigenvalue weighted by Gasteiger charge is 2.70. The summed E-state index contributed by atoms with van der Waals surface area (Å²) in [5.74, 6) is -3.02. The minimum atomic E-state index is -1.36. The molecule has 1 spiro atoms. The van der Waals surface area contributed by atoms with E-state index in [1.165, 1.54) is 17.0 Å². The summed E-state index contributed by atoms with van der Waals surface area (Å²) in [7, 11) is 0. The predicted octanol–water partition coefficient (Wildman–Crippen LogP) is 3.06. The van der Waals surface area contributed by atoms with E-state index in [4.69, 9.17) is 11.6 Å². The molecule has 3 aliphatic heterocycles. The number of imide groups is 1. The molecule has 3 amide bonds. The monoisotopic (exact) mass is 441 g/mol. The molecule has 8 heteroatoms. The van der Waals surface area contributed by atoms with Gasteiger partial charge in [-0.3, -0.25) is 24.6 Å². The van der Waals surface area contributed by atoms with Gasteiger partial charge in [0.1, 0.15) is 11.4 Å². The Morgan fingerprint density at radius 1 is 1.10 bits per heavy atom. The summed E-state index contributed by atoms with van der Waals surface area (Å²) in [5, 5.41) is 6.66. The summed E-state index contributed by atoms with van der Waals surface area (Å²) in [5.41, 5.74) is 0.463. The van der Waals surface area contributed by atoms with Gasteiger partial charge in [-0.1, -0.05) is 37.6 Å². The molecule has 5 rings (SSSR count). The van der Waals surface area contributed by atoms with Crippen LogP contribution in [0, 0.1) is 23.6 Å². The molecule has 3 aliphatic rings. The maximum Gasteiger partial charge on any atom is 0.250 e. The van der Waals surface area contributed by atoms with Gasteiger partial charge in [0.05, 0.1) is 18.4 Å². The Hall–Kier alpha value is -2.77. The quantitative estimate of drug-likeness (QED) is 0.717. The number of hydrogen-bond donors (Lipinski definition) is 2. The first-order valence-electron chi connectivity index (χ1n) is 10.2. The zero-order valence-corrected chi connectivity index (χ0v) is 17.7. The summed E-state index contributed by atoms with van der Waals surface area (Å²) < 4.78 is 13.3. The van der Waals surface area contributed by atoms with E-state index in [0.29, 0.717) is 21.8 Å². The molecule has 0 radical (unpaired) electrons. The Morgan fingerprint density at radius 2 is 1.81 bits per heavy atom. The first kappa shape index (κ1) is 20.2. The zero-order chi connectivity index (χ0) is 22.1. The highest BCUT2D eigenvalue weighted by atomic mass is 35.5. The maximum atomic E-state index is 13.6. The number of halogens is 2. The highest BCUT2D eigenvalue weighted by Crippen LogP contribution is 2.54. The number of amides is 3. The zero-order valence-electron chi connectivity index (χ0n) is 17.0. The van der Waals surface area contributed by atoms with Crippen LogP contribution >= 0.6 is 11.6 Å². The van der Waals surface area contributed by atoms with Crippen LogP contribution in [0.3, 0.4) is 0 Å². The van der Waals surface area contributed by atoms with E-state index in [1.54, 1.807) is 30.3 Å². The number of likely N-dealkylation sites (tertiary alicyclic amines) is 1. The lowest BCUT2D eigenvalue weighted by Gasteiger charge is -2.30. The molecule has 0 unspecified atom stereocenters. The summed E-state index contributed by atoms with van der Waals surface area (Å²) in [6.07, 6.45) is 0. The molecule has 0 saturated carbocycles. The molecule has 2 aromatic rings. The lowest BCUT2D eigenvalue weighted by Crippen LogP contribution is -2.53. The van der Waals surface area contributed by atoms with Gasteiger partial charge >= 0.3 is 0 Å². The number of rotatable bonds is 3. The summed E-state index contributed by atoms with van der Waals surface area (Å²) in [6, 6.07) is 10.4. The molecule has 160 valence electrons. The molecule has 4 atom stereocenters. The van der Waals surface area contributed by atoms with E-state index in [1.807, 2.05) is 13.8 Å². The summed E-state index contributed by atoms with van der Waals surface area (Å²) in [4.78, 5) is 41.6. The van der Waals surface area contributed by atoms with Gasteiger partial charge in [-0.05, 0) is 41.8 Å². The van der Waals surface area contributed by atoms with Crippen molar-refractivity contribution in [3.8, 4) is 0 Å². The third-order valence-corrected chi connectivity index (χ3v) is 6.91. The Kier molecular flexibility index (Phi) is 4.46. The molecule has 0 aliphatic carbocycles. The van der Waals surface area contributed by atoms with Crippen molar-refractivity contribution in [3.05, 3.63) is 64.4 Å². The first-order chi connectivity index (χ1) is 14.7. The Balaban J connectivity index is 1.61. The van der Waals surface area contributed by atoms with Crippen LogP contribution in [-0.2, 0) is 26.5 Å². The number of hydrogen-bond acceptors (Lipinski definition) is 4. The second-order valence-electron chi connectivity index (χ2n) is 8.76. The molecular formula is C23H21ClFN3O3. The average Bonchev–Trinajstić information content (AvgIpc) is 3.31. The minimum Gasteiger partial charge on any atom is -0.324 e. The molecule has 2 N–H and O–H groups in total. The van der Waals surface area contributed by atoms with Gasteiger partial charge in [0.15, 0.2) is 0 Å². The Bertz CT molecular complexity index is 1120. The third-order valence-electron chi connectivity index (χ3n) is 6.68. The van der Waals surface area contributed by atoms with E-state index >= 15 is 0 Å². The van der Waals surface area contributed by atoms with Crippen LogP contribution in [0.2, 0.25) is 5.02 Å². The molecule has 6 nitrogen and oxygen atoms in total. The minimum absolute atomic E-state index is 0.00503. The Labute approximate surface area is 183 Å². The SMILES string of the molecule is CC(C)[C@H]1N[C@]2(C(=O)Nc3ccc(Cl)cc32)[C@@H]2C(=O)N(Cc3ccc(F)cc3)C(=O)[C@H]12. The van der Waals surface area contributed by atoms with Crippen LogP contribution in [0.25, 0.3) is 0 Å². The number of benzene rings is 2. The van der Waals surface area contributed by atoms with Crippen LogP contribution < -0.4 is 10.6 Å². The predicted molar refractivity (Wildman–Crippen MR) is 112 cm³/mol. The molecule has 2 saturated heterocycles. The third kappa shape index (κ3) is 2.76. The normalized spacial score (nSPS) is 29.1. The van der Waals surface area contributed by atoms with Crippen LogP contribution in [0.1, 0.15) is 25.0 Å². The summed E-state index contributed by atoms with van der Waals surface area (Å²) in [6.45, 7) is 3.95. The topological polar surface area (TPSA) is 78.5 Å². The molecule has 3 heterocycles. The van der Waals surface area contributed by atoms with Crippen LogP contribution in [0.5, 0.6) is 0 Å². The van der Waals surface area contributed by atoms with Crippen molar-refractivity contribution in [1.82, 2.24) is 10.2 Å². The van der Waals surface area contributed by atoms with Crippen LogP contribution in [0.15, 0.2) is 42.5 Å². The van der Waals surface area contributed by atoms with Crippen molar-refractivity contribution in [2.24, 2.45) is 17.8 Å². The van der Waals surface area contributed by atoms with Crippen molar-refractivity contribution >= 4 is 35.0 Å². The number of carbonyl (C=O) groups is 3. The fourth-order valence-electron chi connectivity index (χ4n) is 5.27. The van der Waals surface area contributed by atoms with Crippen molar-refractivity contribution in [1.29, 1.82) is 0 Å². The van der Waals surface area contributed by atoms with Crippen molar-refractivity contribution in [2.75, 3.05) is 5.32 Å². The van der Waals surface area contributed by atoms with Gasteiger partial charge in [0.2, 0.25) is 17.7 Å². The van der Waals surface area contributed by atoms with Crippen LogP contribution in [-0.4, -0.2) is 28.7 Å². The van der Waals surface area contributed by atoms with E-state index < -0.39 is 23.3 Å². The number of carbonyl (C=O) groups excluding carboxylic acids is 3. The van der Waals surface area contributed by atoms with Crippen LogP contribution in [0.4, 0.5) is 10.1 Å². The molecule has 31 heavy (non-hydrogen) atoms. The average molecular weight is 442 g/mol. The molecule has 0 bridgehead atoms. The Morgan fingerprint density at radius 3 is 2.48 bits per heavy atom. The van der Waals surface area contributed by atoms with E-state index in [9.17, 15) is 18.8 Å². The van der Waals surface area contributed by atoms with E-state index in [0.717, 1.165) is 0 Å². The van der Waals surface area contributed by atoms with Gasteiger partial charge < -0.3 is 5.32 Å². The number of anilines is 1. The number of nitrogens with one attached hydrogen (secondary N) is 2. The largest absolute Gasteiger partial charge is 0.324 e. The van der Waals surface area contributed by atoms with Crippen molar-refractivity contribution < 1.29 is 18.8 Å². The molecule has 0 aromatic heterocycles. The van der Waals surface area contributed by atoms with Gasteiger partial charge in [-0.15, -0.1) is 0 Å².